The number of likely N-dealkylation sites (tertiary alicyclic amines) is 1. The topological polar surface area (TPSA) is 60.0 Å². The third-order valence-electron chi connectivity index (χ3n) is 5.44. The predicted molar refractivity (Wildman–Crippen MR) is 113 cm³/mol. The summed E-state index contributed by atoms with van der Waals surface area (Å²) in [6.45, 7) is 2.61. The van der Waals surface area contributed by atoms with Crippen LogP contribution in [0.1, 0.15) is 41.2 Å². The Hall–Kier alpha value is -2.73. The lowest BCUT2D eigenvalue weighted by Gasteiger charge is -2.35. The zero-order valence-electron chi connectivity index (χ0n) is 17.4. The highest BCUT2D eigenvalue weighted by Gasteiger charge is 2.24. The Balaban J connectivity index is 1.76. The maximum atomic E-state index is 12.9. The molecule has 2 aromatic carbocycles. The molecule has 0 unspecified atom stereocenters. The van der Waals surface area contributed by atoms with Crippen LogP contribution in [0.3, 0.4) is 0 Å². The average molecular weight is 399 g/mol. The van der Waals surface area contributed by atoms with Crippen LogP contribution in [0.15, 0.2) is 42.5 Å². The molecule has 1 heterocycles. The summed E-state index contributed by atoms with van der Waals surface area (Å²) in [7, 11) is 4.81. The van der Waals surface area contributed by atoms with Gasteiger partial charge in [0.05, 0.1) is 32.9 Å². The van der Waals surface area contributed by atoms with Crippen LogP contribution in [0.2, 0.25) is 0 Å². The molecular weight excluding hydrogens is 368 g/mol. The SMILES string of the molecule is COc1ccc([C@@H](CNC(=O)c2ccc(OC)cc2OC)N2CCCCC2)cc1. The molecule has 1 fully saturated rings. The van der Waals surface area contributed by atoms with Gasteiger partial charge in [-0.25, -0.2) is 0 Å². The Morgan fingerprint density at radius 3 is 2.21 bits per heavy atom. The Bertz CT molecular complexity index is 801. The standard InChI is InChI=1S/C23H30N2O4/c1-27-18-9-7-17(8-10-18)21(25-13-5-4-6-14-25)16-24-23(26)20-12-11-19(28-2)15-22(20)29-3/h7-12,15,21H,4-6,13-14,16H2,1-3H3,(H,24,26)/t21-/m1/s1. The zero-order valence-corrected chi connectivity index (χ0v) is 17.4. The van der Waals surface area contributed by atoms with Gasteiger partial charge in [0.25, 0.3) is 5.91 Å². The van der Waals surface area contributed by atoms with Crippen LogP contribution in [-0.2, 0) is 0 Å². The van der Waals surface area contributed by atoms with Crippen LogP contribution in [0.5, 0.6) is 17.2 Å². The van der Waals surface area contributed by atoms with Crippen molar-refractivity contribution in [2.75, 3.05) is 41.0 Å². The number of ether oxygens (including phenoxy) is 3. The molecule has 1 atom stereocenters. The van der Waals surface area contributed by atoms with E-state index in [4.69, 9.17) is 14.2 Å². The van der Waals surface area contributed by atoms with Gasteiger partial charge >= 0.3 is 0 Å². The van der Waals surface area contributed by atoms with Crippen molar-refractivity contribution in [2.24, 2.45) is 0 Å². The van der Waals surface area contributed by atoms with Crippen LogP contribution >= 0.6 is 0 Å². The average Bonchev–Trinajstić information content (AvgIpc) is 2.79. The molecule has 0 spiro atoms. The van der Waals surface area contributed by atoms with Crippen molar-refractivity contribution in [1.82, 2.24) is 10.2 Å². The van der Waals surface area contributed by atoms with Gasteiger partial charge in [0, 0.05) is 12.6 Å². The molecule has 1 aliphatic heterocycles. The molecule has 0 saturated carbocycles. The number of hydrogen-bond acceptors (Lipinski definition) is 5. The van der Waals surface area contributed by atoms with Crippen molar-refractivity contribution in [2.45, 2.75) is 25.3 Å². The first-order valence-electron chi connectivity index (χ1n) is 10.0. The Morgan fingerprint density at radius 1 is 0.931 bits per heavy atom. The van der Waals surface area contributed by atoms with E-state index in [0.717, 1.165) is 18.8 Å². The second-order valence-electron chi connectivity index (χ2n) is 7.16. The largest absolute Gasteiger partial charge is 0.497 e. The molecule has 1 amide bonds. The van der Waals surface area contributed by atoms with Gasteiger partial charge < -0.3 is 19.5 Å². The first-order chi connectivity index (χ1) is 14.2. The number of hydrogen-bond donors (Lipinski definition) is 1. The van der Waals surface area contributed by atoms with E-state index in [1.165, 1.54) is 24.8 Å². The van der Waals surface area contributed by atoms with Gasteiger partial charge in [-0.1, -0.05) is 18.6 Å². The quantitative estimate of drug-likeness (QED) is 0.735. The number of benzene rings is 2. The molecule has 6 heteroatoms. The Kier molecular flexibility index (Phi) is 7.36. The van der Waals surface area contributed by atoms with Gasteiger partial charge in [0.2, 0.25) is 0 Å². The maximum Gasteiger partial charge on any atom is 0.255 e. The number of carbonyl (C=O) groups is 1. The van der Waals surface area contributed by atoms with Gasteiger partial charge in [0.1, 0.15) is 17.2 Å². The van der Waals surface area contributed by atoms with Crippen molar-refractivity contribution in [3.63, 3.8) is 0 Å². The van der Waals surface area contributed by atoms with E-state index < -0.39 is 0 Å². The first-order valence-corrected chi connectivity index (χ1v) is 10.0. The number of rotatable bonds is 8. The molecule has 0 radical (unpaired) electrons. The van der Waals surface area contributed by atoms with E-state index >= 15 is 0 Å². The summed E-state index contributed by atoms with van der Waals surface area (Å²) < 4.78 is 15.9. The molecule has 1 N–H and O–H groups in total. The molecular formula is C23H30N2O4. The fraction of sp³-hybridized carbons (Fsp3) is 0.435. The van der Waals surface area contributed by atoms with Crippen molar-refractivity contribution >= 4 is 5.91 Å². The summed E-state index contributed by atoms with van der Waals surface area (Å²) >= 11 is 0. The van der Waals surface area contributed by atoms with Gasteiger partial charge in [0.15, 0.2) is 0 Å². The van der Waals surface area contributed by atoms with Crippen LogP contribution in [0.25, 0.3) is 0 Å². The van der Waals surface area contributed by atoms with Crippen LogP contribution in [0, 0.1) is 0 Å². The summed E-state index contributed by atoms with van der Waals surface area (Å²) in [5.41, 5.74) is 1.68. The van der Waals surface area contributed by atoms with E-state index in [1.807, 2.05) is 12.1 Å². The lowest BCUT2D eigenvalue weighted by atomic mass is 10.0. The minimum absolute atomic E-state index is 0.120. The predicted octanol–water partition coefficient (Wildman–Crippen LogP) is 3.67. The van der Waals surface area contributed by atoms with Gasteiger partial charge in [-0.05, 0) is 55.8 Å². The summed E-state index contributed by atoms with van der Waals surface area (Å²) in [6, 6.07) is 13.5. The lowest BCUT2D eigenvalue weighted by Crippen LogP contribution is -2.40. The van der Waals surface area contributed by atoms with E-state index in [1.54, 1.807) is 39.5 Å². The highest BCUT2D eigenvalue weighted by atomic mass is 16.5. The van der Waals surface area contributed by atoms with Gasteiger partial charge in [-0.15, -0.1) is 0 Å². The molecule has 156 valence electrons. The van der Waals surface area contributed by atoms with E-state index in [9.17, 15) is 4.79 Å². The summed E-state index contributed by atoms with van der Waals surface area (Å²) in [5, 5.41) is 3.10. The first kappa shape index (κ1) is 21.0. The fourth-order valence-electron chi connectivity index (χ4n) is 3.78. The van der Waals surface area contributed by atoms with Crippen LogP contribution in [0.4, 0.5) is 0 Å². The van der Waals surface area contributed by atoms with Gasteiger partial charge in [-0.2, -0.15) is 0 Å². The normalized spacial score (nSPS) is 15.4. The number of carbonyl (C=O) groups excluding carboxylic acids is 1. The number of piperidine rings is 1. The van der Waals surface area contributed by atoms with Crippen molar-refractivity contribution < 1.29 is 19.0 Å². The molecule has 1 saturated heterocycles. The van der Waals surface area contributed by atoms with Crippen LogP contribution in [-0.4, -0.2) is 51.8 Å². The fourth-order valence-corrected chi connectivity index (χ4v) is 3.78. The molecule has 0 aliphatic carbocycles. The Morgan fingerprint density at radius 2 is 1.59 bits per heavy atom. The molecule has 29 heavy (non-hydrogen) atoms. The number of nitrogens with one attached hydrogen (secondary N) is 1. The molecule has 6 nitrogen and oxygen atoms in total. The molecule has 3 rings (SSSR count). The molecule has 0 aromatic heterocycles. The second kappa shape index (κ2) is 10.2. The number of nitrogens with zero attached hydrogens (tertiary/aromatic N) is 1. The van der Waals surface area contributed by atoms with Crippen molar-refractivity contribution in [3.05, 3.63) is 53.6 Å². The monoisotopic (exact) mass is 398 g/mol. The minimum atomic E-state index is -0.153. The second-order valence-corrected chi connectivity index (χ2v) is 7.16. The summed E-state index contributed by atoms with van der Waals surface area (Å²) in [5.74, 6) is 1.84. The lowest BCUT2D eigenvalue weighted by molar-refractivity contribution is 0.0921. The van der Waals surface area contributed by atoms with Crippen molar-refractivity contribution in [3.8, 4) is 17.2 Å². The zero-order chi connectivity index (χ0) is 20.6. The molecule has 0 bridgehead atoms. The van der Waals surface area contributed by atoms with Crippen LogP contribution < -0.4 is 19.5 Å². The summed E-state index contributed by atoms with van der Waals surface area (Å²) in [4.78, 5) is 15.3. The maximum absolute atomic E-state index is 12.9. The minimum Gasteiger partial charge on any atom is -0.497 e. The number of amides is 1. The smallest absolute Gasteiger partial charge is 0.255 e. The highest BCUT2D eigenvalue weighted by molar-refractivity contribution is 5.97. The van der Waals surface area contributed by atoms with E-state index in [-0.39, 0.29) is 11.9 Å². The number of methoxy groups -OCH3 is 3. The third kappa shape index (κ3) is 5.21. The van der Waals surface area contributed by atoms with Gasteiger partial charge in [-0.3, -0.25) is 9.69 Å². The van der Waals surface area contributed by atoms with E-state index in [0.29, 0.717) is 23.6 Å². The highest BCUT2D eigenvalue weighted by Crippen LogP contribution is 2.27. The Labute approximate surface area is 172 Å². The van der Waals surface area contributed by atoms with Crippen molar-refractivity contribution in [1.29, 1.82) is 0 Å². The summed E-state index contributed by atoms with van der Waals surface area (Å²) in [6.07, 6.45) is 3.64. The molecule has 1 aliphatic rings. The third-order valence-corrected chi connectivity index (χ3v) is 5.44. The van der Waals surface area contributed by atoms with E-state index in [2.05, 4.69) is 22.3 Å². The molecule has 2 aromatic rings.